The van der Waals surface area contributed by atoms with Crippen molar-refractivity contribution in [3.8, 4) is 10.4 Å². The average Bonchev–Trinajstić information content (AvgIpc) is 3.65. The molecule has 3 atom stereocenters. The number of hydrogen-bond donors (Lipinski definition) is 5. The van der Waals surface area contributed by atoms with Gasteiger partial charge in [0.1, 0.15) is 12.1 Å². The number of nitrogens with one attached hydrogen (secondary N) is 2. The van der Waals surface area contributed by atoms with Crippen molar-refractivity contribution in [2.24, 2.45) is 11.5 Å². The Labute approximate surface area is 282 Å². The summed E-state index contributed by atoms with van der Waals surface area (Å²) in [7, 11) is 0. The maximum Gasteiger partial charge on any atom is 0.247 e. The van der Waals surface area contributed by atoms with Gasteiger partial charge in [0, 0.05) is 30.7 Å². The number of rotatable bonds is 20. The molecule has 0 radical (unpaired) electrons. The zero-order valence-corrected chi connectivity index (χ0v) is 29.4. The average molecular weight is 675 g/mol. The van der Waals surface area contributed by atoms with E-state index in [1.165, 1.54) is 4.90 Å². The van der Waals surface area contributed by atoms with E-state index in [4.69, 9.17) is 11.5 Å². The first-order valence-corrected chi connectivity index (χ1v) is 18.5. The second kappa shape index (κ2) is 19.3. The number of thiazole rings is 1. The van der Waals surface area contributed by atoms with E-state index in [9.17, 15) is 19.5 Å². The van der Waals surface area contributed by atoms with Gasteiger partial charge in [-0.2, -0.15) is 11.8 Å². The molecule has 1 aliphatic rings. The number of carbonyl (C=O) groups is 3. The Balaban J connectivity index is 1.67. The predicted octanol–water partition coefficient (Wildman–Crippen LogP) is 4.12. The molecule has 0 aliphatic carbocycles. The van der Waals surface area contributed by atoms with Gasteiger partial charge in [0.25, 0.3) is 0 Å². The zero-order chi connectivity index (χ0) is 33.5. The van der Waals surface area contributed by atoms with Gasteiger partial charge >= 0.3 is 0 Å². The van der Waals surface area contributed by atoms with Gasteiger partial charge in [0.2, 0.25) is 17.7 Å². The SMILES string of the molecule is Cc1ncsc1-c1ccc(CNC(=O)[C@@H]2C[C@@H](O)CN2C(=O)C(NC(=O)CCCCCCN)C(C)(C)SCCCCCCN)cc1. The molecule has 2 heterocycles. The molecule has 1 unspecified atom stereocenters. The molecular formula is C34H54N6O4S2. The number of thioether (sulfide) groups is 1. The van der Waals surface area contributed by atoms with Crippen LogP contribution >= 0.6 is 23.1 Å². The Morgan fingerprint density at radius 3 is 2.33 bits per heavy atom. The molecule has 0 bridgehead atoms. The van der Waals surface area contributed by atoms with Gasteiger partial charge in [-0.15, -0.1) is 11.3 Å². The fourth-order valence-electron chi connectivity index (χ4n) is 5.70. The minimum Gasteiger partial charge on any atom is -0.391 e. The van der Waals surface area contributed by atoms with Crippen LogP contribution in [0.2, 0.25) is 0 Å². The van der Waals surface area contributed by atoms with E-state index in [-0.39, 0.29) is 30.7 Å². The maximum absolute atomic E-state index is 14.2. The highest BCUT2D eigenvalue weighted by Crippen LogP contribution is 2.33. The lowest BCUT2D eigenvalue weighted by Crippen LogP contribution is -2.59. The summed E-state index contributed by atoms with van der Waals surface area (Å²) in [5.41, 5.74) is 16.0. The molecule has 7 N–H and O–H groups in total. The Morgan fingerprint density at radius 1 is 1.04 bits per heavy atom. The van der Waals surface area contributed by atoms with E-state index in [1.54, 1.807) is 23.1 Å². The van der Waals surface area contributed by atoms with Crippen LogP contribution < -0.4 is 22.1 Å². The molecule has 2 aromatic rings. The number of amides is 3. The minimum atomic E-state index is -0.846. The van der Waals surface area contributed by atoms with Crippen molar-refractivity contribution >= 4 is 40.8 Å². The van der Waals surface area contributed by atoms with E-state index < -0.39 is 22.9 Å². The predicted molar refractivity (Wildman–Crippen MR) is 188 cm³/mol. The molecule has 0 spiro atoms. The van der Waals surface area contributed by atoms with Crippen LogP contribution in [0, 0.1) is 6.92 Å². The summed E-state index contributed by atoms with van der Waals surface area (Å²) in [6, 6.07) is 6.30. The lowest BCUT2D eigenvalue weighted by Gasteiger charge is -2.37. The Kier molecular flexibility index (Phi) is 16.0. The second-order valence-corrected chi connectivity index (χ2v) is 15.3. The first-order chi connectivity index (χ1) is 22.1. The number of likely N-dealkylation sites (tertiary alicyclic amines) is 1. The number of aryl methyl sites for hydroxylation is 1. The van der Waals surface area contributed by atoms with Gasteiger partial charge in [0.05, 0.1) is 22.2 Å². The number of carbonyl (C=O) groups excluding carboxylic acids is 3. The molecule has 1 fully saturated rings. The molecular weight excluding hydrogens is 621 g/mol. The van der Waals surface area contributed by atoms with E-state index in [0.717, 1.165) is 78.8 Å². The number of nitrogens with zero attached hydrogens (tertiary/aromatic N) is 2. The van der Waals surface area contributed by atoms with Gasteiger partial charge in [0.15, 0.2) is 0 Å². The monoisotopic (exact) mass is 674 g/mol. The molecule has 12 heteroatoms. The number of β-amino-alcohol motifs (C(OH)–C–C–N with tert-alkyl or cyclic N) is 1. The third-order valence-electron chi connectivity index (χ3n) is 8.47. The van der Waals surface area contributed by atoms with Crippen molar-refractivity contribution in [2.75, 3.05) is 25.4 Å². The maximum atomic E-state index is 14.2. The number of benzene rings is 1. The fraction of sp³-hybridized carbons (Fsp3) is 0.647. The van der Waals surface area contributed by atoms with Crippen LogP contribution in [0.3, 0.4) is 0 Å². The lowest BCUT2D eigenvalue weighted by atomic mass is 10.00. The van der Waals surface area contributed by atoms with Crippen LogP contribution in [0.5, 0.6) is 0 Å². The summed E-state index contributed by atoms with van der Waals surface area (Å²) < 4.78 is -0.632. The van der Waals surface area contributed by atoms with Crippen LogP contribution in [0.4, 0.5) is 0 Å². The van der Waals surface area contributed by atoms with E-state index >= 15 is 0 Å². The number of aliphatic hydroxyl groups is 1. The highest BCUT2D eigenvalue weighted by molar-refractivity contribution is 8.00. The standard InChI is InChI=1S/C34H54N6O4S2/c1-24-30(45-23-38-24)26-15-13-25(14-16-26)21-37-32(43)28-20-27(41)22-40(28)33(44)31(39-29(42)12-8-4-5-9-17-35)34(2,3)46-19-11-7-6-10-18-36/h13-16,23,27-28,31,41H,4-12,17-22,35-36H2,1-3H3,(H,37,43)(H,39,42)/t27-,28+,31?/m1/s1. The minimum absolute atomic E-state index is 0.0467. The Morgan fingerprint density at radius 2 is 1.70 bits per heavy atom. The number of nitrogens with two attached hydrogens (primary N) is 2. The molecule has 1 aromatic carbocycles. The van der Waals surface area contributed by atoms with E-state index in [1.807, 2.05) is 50.5 Å². The second-order valence-electron chi connectivity index (χ2n) is 12.7. The third-order valence-corrected chi connectivity index (χ3v) is 10.9. The lowest BCUT2D eigenvalue weighted by molar-refractivity contribution is -0.142. The number of aromatic nitrogens is 1. The van der Waals surface area contributed by atoms with Crippen LogP contribution in [0.15, 0.2) is 29.8 Å². The first kappa shape index (κ1) is 37.9. The summed E-state index contributed by atoms with van der Waals surface area (Å²) in [4.78, 5) is 47.7. The summed E-state index contributed by atoms with van der Waals surface area (Å²) in [5.74, 6) is 0.00524. The number of aliphatic hydroxyl groups excluding tert-OH is 1. The summed E-state index contributed by atoms with van der Waals surface area (Å²) in [6.07, 6.45) is 7.28. The summed E-state index contributed by atoms with van der Waals surface area (Å²) >= 11 is 3.24. The van der Waals surface area contributed by atoms with Crippen LogP contribution in [-0.2, 0) is 20.9 Å². The van der Waals surface area contributed by atoms with E-state index in [0.29, 0.717) is 26.1 Å². The van der Waals surface area contributed by atoms with Gasteiger partial charge in [-0.05, 0) is 76.4 Å². The van der Waals surface area contributed by atoms with Gasteiger partial charge in [-0.25, -0.2) is 4.98 Å². The van der Waals surface area contributed by atoms with Crippen LogP contribution in [0.1, 0.15) is 89.3 Å². The number of unbranched alkanes of at least 4 members (excludes halogenated alkanes) is 6. The molecule has 0 saturated carbocycles. The highest BCUT2D eigenvalue weighted by atomic mass is 32.2. The van der Waals surface area contributed by atoms with Crippen molar-refractivity contribution in [3.63, 3.8) is 0 Å². The molecule has 256 valence electrons. The molecule has 1 aliphatic heterocycles. The smallest absolute Gasteiger partial charge is 0.247 e. The summed E-state index contributed by atoms with van der Waals surface area (Å²) in [5, 5.41) is 16.6. The molecule has 3 amide bonds. The first-order valence-electron chi connectivity index (χ1n) is 16.7. The summed E-state index contributed by atoms with van der Waals surface area (Å²) in [6.45, 7) is 7.59. The highest BCUT2D eigenvalue weighted by Gasteiger charge is 2.46. The fourth-order valence-corrected chi connectivity index (χ4v) is 7.71. The van der Waals surface area contributed by atoms with Crippen molar-refractivity contribution < 1.29 is 19.5 Å². The van der Waals surface area contributed by atoms with E-state index in [2.05, 4.69) is 15.6 Å². The van der Waals surface area contributed by atoms with Crippen LogP contribution in [-0.4, -0.2) is 81.0 Å². The van der Waals surface area contributed by atoms with Gasteiger partial charge < -0.3 is 32.1 Å². The Bertz CT molecular complexity index is 1240. The quantitative estimate of drug-likeness (QED) is 0.131. The molecule has 3 rings (SSSR count). The topological polar surface area (TPSA) is 164 Å². The van der Waals surface area contributed by atoms with Crippen LogP contribution in [0.25, 0.3) is 10.4 Å². The molecule has 10 nitrogen and oxygen atoms in total. The largest absolute Gasteiger partial charge is 0.391 e. The zero-order valence-electron chi connectivity index (χ0n) is 27.8. The third kappa shape index (κ3) is 11.6. The normalized spacial score (nSPS) is 17.2. The van der Waals surface area contributed by atoms with Crippen molar-refractivity contribution in [1.29, 1.82) is 0 Å². The van der Waals surface area contributed by atoms with Crippen molar-refractivity contribution in [3.05, 3.63) is 41.0 Å². The molecule has 1 saturated heterocycles. The molecule has 46 heavy (non-hydrogen) atoms. The van der Waals surface area contributed by atoms with Gasteiger partial charge in [-0.1, -0.05) is 49.9 Å². The van der Waals surface area contributed by atoms with Gasteiger partial charge in [-0.3, -0.25) is 14.4 Å². The van der Waals surface area contributed by atoms with Crippen molar-refractivity contribution in [2.45, 2.75) is 114 Å². The number of hydrogen-bond acceptors (Lipinski definition) is 9. The molecule has 1 aromatic heterocycles. The van der Waals surface area contributed by atoms with Crippen molar-refractivity contribution in [1.82, 2.24) is 20.5 Å². The Hall–Kier alpha value is -2.51.